The molecule has 0 heterocycles. The molecule has 0 spiro atoms. The maximum absolute atomic E-state index is 6.10. The summed E-state index contributed by atoms with van der Waals surface area (Å²) in [5.74, 6) is 0. The topological polar surface area (TPSA) is 21.3 Å². The molecule has 134 valence electrons. The molecule has 0 amide bonds. The Balaban J connectivity index is 1.89. The van der Waals surface area contributed by atoms with Gasteiger partial charge in [-0.2, -0.15) is 5.48 Å². The average Bonchev–Trinajstić information content (AvgIpc) is 2.66. The van der Waals surface area contributed by atoms with Crippen LogP contribution in [0.25, 0.3) is 6.08 Å². The van der Waals surface area contributed by atoms with Crippen molar-refractivity contribution in [3.8, 4) is 0 Å². The van der Waals surface area contributed by atoms with Crippen molar-refractivity contribution >= 4 is 6.08 Å². The van der Waals surface area contributed by atoms with E-state index in [0.29, 0.717) is 6.04 Å². The second-order valence-electron chi connectivity index (χ2n) is 6.46. The number of rotatable bonds is 11. The van der Waals surface area contributed by atoms with Gasteiger partial charge in [-0.25, -0.2) is 0 Å². The van der Waals surface area contributed by atoms with E-state index in [9.17, 15) is 0 Å². The van der Waals surface area contributed by atoms with Crippen molar-refractivity contribution in [3.63, 3.8) is 0 Å². The minimum absolute atomic E-state index is 0.114. The van der Waals surface area contributed by atoms with E-state index in [1.807, 2.05) is 12.1 Å². The van der Waals surface area contributed by atoms with E-state index in [2.05, 4.69) is 80.0 Å². The first-order valence-electron chi connectivity index (χ1n) is 9.51. The van der Waals surface area contributed by atoms with E-state index < -0.39 is 0 Å². The monoisotopic (exact) mass is 337 g/mol. The van der Waals surface area contributed by atoms with Gasteiger partial charge in [0.1, 0.15) is 6.10 Å². The molecule has 2 rings (SSSR count). The Morgan fingerprint density at radius 3 is 2.16 bits per heavy atom. The van der Waals surface area contributed by atoms with Crippen LogP contribution in [-0.4, -0.2) is 6.04 Å². The van der Waals surface area contributed by atoms with Crippen molar-refractivity contribution in [2.75, 3.05) is 0 Å². The summed E-state index contributed by atoms with van der Waals surface area (Å²) < 4.78 is 0. The number of hydroxylamine groups is 1. The number of hydrogen-bond acceptors (Lipinski definition) is 2. The lowest BCUT2D eigenvalue weighted by Crippen LogP contribution is -2.30. The highest BCUT2D eigenvalue weighted by Crippen LogP contribution is 2.22. The van der Waals surface area contributed by atoms with Crippen molar-refractivity contribution in [2.45, 2.75) is 58.1 Å². The van der Waals surface area contributed by atoms with Gasteiger partial charge in [-0.1, -0.05) is 99.5 Å². The Morgan fingerprint density at radius 2 is 1.52 bits per heavy atom. The van der Waals surface area contributed by atoms with E-state index in [-0.39, 0.29) is 6.10 Å². The highest BCUT2D eigenvalue weighted by molar-refractivity contribution is 5.48. The fourth-order valence-corrected chi connectivity index (χ4v) is 2.91. The first kappa shape index (κ1) is 19.4. The van der Waals surface area contributed by atoms with E-state index >= 15 is 0 Å². The van der Waals surface area contributed by atoms with Gasteiger partial charge in [0.15, 0.2) is 0 Å². The van der Waals surface area contributed by atoms with Gasteiger partial charge >= 0.3 is 0 Å². The van der Waals surface area contributed by atoms with Crippen molar-refractivity contribution in [3.05, 3.63) is 77.9 Å². The summed E-state index contributed by atoms with van der Waals surface area (Å²) in [6.45, 7) is 4.42. The molecular formula is C23H31NO. The zero-order valence-electron chi connectivity index (χ0n) is 15.5. The Labute approximate surface area is 152 Å². The summed E-state index contributed by atoms with van der Waals surface area (Å²) in [6, 6.07) is 21.3. The molecule has 1 N–H and O–H groups in total. The molecule has 0 saturated carbocycles. The molecule has 2 aromatic carbocycles. The van der Waals surface area contributed by atoms with Crippen molar-refractivity contribution in [1.29, 1.82) is 0 Å². The summed E-state index contributed by atoms with van der Waals surface area (Å²) >= 11 is 0. The molecule has 0 radical (unpaired) electrons. The van der Waals surface area contributed by atoms with Crippen LogP contribution in [0, 0.1) is 0 Å². The van der Waals surface area contributed by atoms with Gasteiger partial charge in [-0.3, -0.25) is 4.84 Å². The molecule has 2 unspecified atom stereocenters. The van der Waals surface area contributed by atoms with Gasteiger partial charge in [-0.15, -0.1) is 0 Å². The van der Waals surface area contributed by atoms with Crippen LogP contribution in [0.5, 0.6) is 0 Å². The van der Waals surface area contributed by atoms with Crippen molar-refractivity contribution in [2.24, 2.45) is 0 Å². The lowest BCUT2D eigenvalue weighted by Gasteiger charge is -2.22. The predicted molar refractivity (Wildman–Crippen MR) is 107 cm³/mol. The SMILES string of the molecule is CCCC(C/C=C/c1ccccc1)NOC(CCC)c1ccccc1. The van der Waals surface area contributed by atoms with Crippen LogP contribution in [0.1, 0.15) is 63.2 Å². The van der Waals surface area contributed by atoms with Crippen LogP contribution in [0.4, 0.5) is 0 Å². The molecule has 0 fully saturated rings. The third-order valence-corrected chi connectivity index (χ3v) is 4.27. The van der Waals surface area contributed by atoms with Crippen LogP contribution in [0.15, 0.2) is 66.7 Å². The van der Waals surface area contributed by atoms with Gasteiger partial charge in [0.05, 0.1) is 0 Å². The Kier molecular flexibility index (Phi) is 9.03. The smallest absolute Gasteiger partial charge is 0.104 e. The Morgan fingerprint density at radius 1 is 0.880 bits per heavy atom. The lowest BCUT2D eigenvalue weighted by atomic mass is 10.1. The normalized spacial score (nSPS) is 13.8. The van der Waals surface area contributed by atoms with Crippen LogP contribution in [0.2, 0.25) is 0 Å². The second-order valence-corrected chi connectivity index (χ2v) is 6.46. The Hall–Kier alpha value is -1.90. The van der Waals surface area contributed by atoms with Crippen LogP contribution in [0.3, 0.4) is 0 Å². The maximum atomic E-state index is 6.10. The summed E-state index contributed by atoms with van der Waals surface area (Å²) in [7, 11) is 0. The molecule has 0 aliphatic rings. The molecule has 2 aromatic rings. The fraction of sp³-hybridized carbons (Fsp3) is 0.391. The highest BCUT2D eigenvalue weighted by atomic mass is 16.7. The zero-order chi connectivity index (χ0) is 17.7. The van der Waals surface area contributed by atoms with Crippen LogP contribution >= 0.6 is 0 Å². The molecule has 25 heavy (non-hydrogen) atoms. The molecule has 0 saturated heterocycles. The van der Waals surface area contributed by atoms with Gasteiger partial charge < -0.3 is 0 Å². The largest absolute Gasteiger partial charge is 0.293 e. The fourth-order valence-electron chi connectivity index (χ4n) is 2.91. The van der Waals surface area contributed by atoms with Crippen LogP contribution < -0.4 is 5.48 Å². The highest BCUT2D eigenvalue weighted by Gasteiger charge is 2.14. The van der Waals surface area contributed by atoms with Gasteiger partial charge in [0.2, 0.25) is 0 Å². The average molecular weight is 338 g/mol. The second kappa shape index (κ2) is 11.6. The van der Waals surface area contributed by atoms with E-state index in [0.717, 1.165) is 32.1 Å². The first-order chi connectivity index (χ1) is 12.3. The van der Waals surface area contributed by atoms with Crippen molar-refractivity contribution in [1.82, 2.24) is 5.48 Å². The molecule has 0 aromatic heterocycles. The van der Waals surface area contributed by atoms with Crippen molar-refractivity contribution < 1.29 is 4.84 Å². The molecule has 0 aliphatic carbocycles. The maximum Gasteiger partial charge on any atom is 0.104 e. The summed E-state index contributed by atoms with van der Waals surface area (Å²) in [5.41, 5.74) is 5.82. The van der Waals surface area contributed by atoms with E-state index in [1.165, 1.54) is 11.1 Å². The lowest BCUT2D eigenvalue weighted by molar-refractivity contribution is -0.0508. The number of nitrogens with one attached hydrogen (secondary N) is 1. The molecule has 0 aliphatic heterocycles. The number of hydrogen-bond donors (Lipinski definition) is 1. The first-order valence-corrected chi connectivity index (χ1v) is 9.51. The molecule has 2 heteroatoms. The molecule has 2 atom stereocenters. The number of benzene rings is 2. The summed E-state index contributed by atoms with van der Waals surface area (Å²) in [4.78, 5) is 6.10. The minimum atomic E-state index is 0.114. The third kappa shape index (κ3) is 7.25. The van der Waals surface area contributed by atoms with Gasteiger partial charge in [0.25, 0.3) is 0 Å². The Bertz CT molecular complexity index is 594. The quantitative estimate of drug-likeness (QED) is 0.484. The van der Waals surface area contributed by atoms with Crippen LogP contribution in [-0.2, 0) is 4.84 Å². The summed E-state index contributed by atoms with van der Waals surface area (Å²) in [5, 5.41) is 0. The van der Waals surface area contributed by atoms with Gasteiger partial charge in [0, 0.05) is 6.04 Å². The molecule has 0 bridgehead atoms. The van der Waals surface area contributed by atoms with E-state index in [4.69, 9.17) is 4.84 Å². The van der Waals surface area contributed by atoms with E-state index in [1.54, 1.807) is 0 Å². The zero-order valence-corrected chi connectivity index (χ0v) is 15.5. The third-order valence-electron chi connectivity index (χ3n) is 4.27. The molecule has 2 nitrogen and oxygen atoms in total. The predicted octanol–water partition coefficient (Wildman–Crippen LogP) is 6.32. The summed E-state index contributed by atoms with van der Waals surface area (Å²) in [6.07, 6.45) is 9.88. The molecular weight excluding hydrogens is 306 g/mol. The standard InChI is InChI=1S/C23H31NO/c1-3-12-22(19-11-16-20-14-7-5-8-15-20)24-25-23(13-4-2)21-17-9-6-10-18-21/h5-11,14-18,22-24H,3-4,12-13,19H2,1-2H3/b16-11+. The minimum Gasteiger partial charge on any atom is -0.293 e. The van der Waals surface area contributed by atoms with Gasteiger partial charge in [-0.05, 0) is 30.4 Å².